The fraction of sp³-hybridized carbons (Fsp3) is 0.214. The molecule has 0 aliphatic carbocycles. The van der Waals surface area contributed by atoms with Gasteiger partial charge in [0.15, 0.2) is 0 Å². The zero-order valence-corrected chi connectivity index (χ0v) is 10.9. The van der Waals surface area contributed by atoms with Crippen LogP contribution in [0.2, 0.25) is 0 Å². The molecule has 2 aromatic heterocycles. The second-order valence-electron chi connectivity index (χ2n) is 4.67. The number of anilines is 2. The average Bonchev–Trinajstić information content (AvgIpc) is 2.87. The molecule has 0 bridgehead atoms. The Kier molecular flexibility index (Phi) is 2.87. The Morgan fingerprint density at radius 1 is 1.11 bits per heavy atom. The first kappa shape index (κ1) is 11.6. The highest BCUT2D eigenvalue weighted by Crippen LogP contribution is 2.17. The maximum atomic E-state index is 4.51. The van der Waals surface area contributed by atoms with Gasteiger partial charge < -0.3 is 5.32 Å². The lowest BCUT2D eigenvalue weighted by Crippen LogP contribution is -2.00. The molecule has 0 radical (unpaired) electrons. The molecule has 0 aliphatic heterocycles. The molecule has 3 aromatic rings. The number of nitrogens with one attached hydrogen (secondary N) is 1. The van der Waals surface area contributed by atoms with Gasteiger partial charge >= 0.3 is 0 Å². The molecule has 0 atom stereocenters. The molecule has 0 aliphatic rings. The van der Waals surface area contributed by atoms with Gasteiger partial charge in [-0.2, -0.15) is 5.10 Å². The number of hydrogen-bond acceptors (Lipinski definition) is 4. The summed E-state index contributed by atoms with van der Waals surface area (Å²) in [5.41, 5.74) is 2.69. The fourth-order valence-corrected chi connectivity index (χ4v) is 1.85. The average molecular weight is 253 g/mol. The highest BCUT2D eigenvalue weighted by Gasteiger charge is 2.03. The van der Waals surface area contributed by atoms with Crippen LogP contribution in [0.3, 0.4) is 0 Å². The van der Waals surface area contributed by atoms with E-state index in [9.17, 15) is 0 Å². The number of fused-ring (bicyclic) bond motifs is 1. The molecule has 19 heavy (non-hydrogen) atoms. The van der Waals surface area contributed by atoms with Crippen molar-refractivity contribution in [2.75, 3.05) is 5.32 Å². The number of hydrogen-bond donors (Lipinski definition) is 1. The normalized spacial score (nSPS) is 11.1. The van der Waals surface area contributed by atoms with E-state index in [1.54, 1.807) is 12.4 Å². The number of para-hydroxylation sites is 2. The van der Waals surface area contributed by atoms with Crippen LogP contribution in [0.15, 0.2) is 42.9 Å². The second-order valence-corrected chi connectivity index (χ2v) is 4.67. The van der Waals surface area contributed by atoms with Crippen LogP contribution >= 0.6 is 0 Å². The molecule has 96 valence electrons. The Hall–Kier alpha value is -2.43. The summed E-state index contributed by atoms with van der Waals surface area (Å²) in [7, 11) is 0. The molecule has 1 aromatic carbocycles. The standard InChI is InChI=1S/C14H15N5/c1-10(2)19-9-11(7-16-19)17-14-8-15-12-5-3-4-6-13(12)18-14/h3-10H,1-2H3,(H,17,18). The van der Waals surface area contributed by atoms with E-state index in [0.29, 0.717) is 6.04 Å². The Morgan fingerprint density at radius 2 is 1.89 bits per heavy atom. The van der Waals surface area contributed by atoms with E-state index >= 15 is 0 Å². The van der Waals surface area contributed by atoms with Crippen LogP contribution in [0.1, 0.15) is 19.9 Å². The summed E-state index contributed by atoms with van der Waals surface area (Å²) in [6, 6.07) is 8.15. The summed E-state index contributed by atoms with van der Waals surface area (Å²) >= 11 is 0. The van der Waals surface area contributed by atoms with Crippen molar-refractivity contribution in [1.29, 1.82) is 0 Å². The maximum absolute atomic E-state index is 4.51. The molecule has 1 N–H and O–H groups in total. The largest absolute Gasteiger partial charge is 0.336 e. The summed E-state index contributed by atoms with van der Waals surface area (Å²) in [5, 5.41) is 7.49. The van der Waals surface area contributed by atoms with E-state index in [1.165, 1.54) is 0 Å². The van der Waals surface area contributed by atoms with Crippen LogP contribution in [0.25, 0.3) is 11.0 Å². The van der Waals surface area contributed by atoms with E-state index in [1.807, 2.05) is 35.1 Å². The summed E-state index contributed by atoms with van der Waals surface area (Å²) in [6.07, 6.45) is 5.48. The van der Waals surface area contributed by atoms with Gasteiger partial charge in [-0.1, -0.05) is 12.1 Å². The molecule has 0 amide bonds. The molecule has 5 heteroatoms. The maximum Gasteiger partial charge on any atom is 0.149 e. The second kappa shape index (κ2) is 4.68. The molecular weight excluding hydrogens is 238 g/mol. The third-order valence-corrected chi connectivity index (χ3v) is 2.85. The van der Waals surface area contributed by atoms with Crippen molar-refractivity contribution in [1.82, 2.24) is 19.7 Å². The smallest absolute Gasteiger partial charge is 0.149 e. The van der Waals surface area contributed by atoms with Gasteiger partial charge in [-0.25, -0.2) is 4.98 Å². The van der Waals surface area contributed by atoms with E-state index in [4.69, 9.17) is 0 Å². The first-order chi connectivity index (χ1) is 9.22. The first-order valence-electron chi connectivity index (χ1n) is 6.25. The number of aromatic nitrogens is 4. The fourth-order valence-electron chi connectivity index (χ4n) is 1.85. The van der Waals surface area contributed by atoms with Gasteiger partial charge in [0.25, 0.3) is 0 Å². The van der Waals surface area contributed by atoms with E-state index in [-0.39, 0.29) is 0 Å². The highest BCUT2D eigenvalue weighted by atomic mass is 15.3. The van der Waals surface area contributed by atoms with Crippen molar-refractivity contribution in [2.24, 2.45) is 0 Å². The Balaban J connectivity index is 1.87. The van der Waals surface area contributed by atoms with Crippen LogP contribution in [0.5, 0.6) is 0 Å². The lowest BCUT2D eigenvalue weighted by molar-refractivity contribution is 0.532. The Morgan fingerprint density at radius 3 is 2.63 bits per heavy atom. The zero-order chi connectivity index (χ0) is 13.2. The minimum atomic E-state index is 0.346. The van der Waals surface area contributed by atoms with Crippen LogP contribution in [0.4, 0.5) is 11.5 Å². The minimum absolute atomic E-state index is 0.346. The number of nitrogens with zero attached hydrogens (tertiary/aromatic N) is 4. The number of rotatable bonds is 3. The SMILES string of the molecule is CC(C)n1cc(Nc2cnc3ccccc3n2)cn1. The molecule has 2 heterocycles. The third-order valence-electron chi connectivity index (χ3n) is 2.85. The van der Waals surface area contributed by atoms with Gasteiger partial charge in [-0.3, -0.25) is 9.67 Å². The molecule has 0 saturated carbocycles. The van der Waals surface area contributed by atoms with Crippen molar-refractivity contribution in [3.63, 3.8) is 0 Å². The molecule has 3 rings (SSSR count). The Labute approximate surface area is 111 Å². The summed E-state index contributed by atoms with van der Waals surface area (Å²) in [6.45, 7) is 4.18. The van der Waals surface area contributed by atoms with Gasteiger partial charge in [0.1, 0.15) is 5.82 Å². The van der Waals surface area contributed by atoms with E-state index < -0.39 is 0 Å². The predicted molar refractivity (Wildman–Crippen MR) is 75.4 cm³/mol. The lowest BCUT2D eigenvalue weighted by Gasteiger charge is -2.04. The predicted octanol–water partition coefficient (Wildman–Crippen LogP) is 3.15. The highest BCUT2D eigenvalue weighted by molar-refractivity contribution is 5.75. The van der Waals surface area contributed by atoms with Crippen LogP contribution < -0.4 is 5.32 Å². The van der Waals surface area contributed by atoms with Crippen LogP contribution in [-0.4, -0.2) is 19.7 Å². The van der Waals surface area contributed by atoms with Crippen LogP contribution in [0, 0.1) is 0 Å². The van der Waals surface area contributed by atoms with Gasteiger partial charge in [-0.05, 0) is 26.0 Å². The molecule has 0 spiro atoms. The summed E-state index contributed by atoms with van der Waals surface area (Å²) in [5.74, 6) is 0.724. The zero-order valence-electron chi connectivity index (χ0n) is 10.9. The molecule has 0 unspecified atom stereocenters. The van der Waals surface area contributed by atoms with Crippen molar-refractivity contribution >= 4 is 22.5 Å². The monoisotopic (exact) mass is 253 g/mol. The van der Waals surface area contributed by atoms with Crippen molar-refractivity contribution < 1.29 is 0 Å². The van der Waals surface area contributed by atoms with Gasteiger partial charge in [-0.15, -0.1) is 0 Å². The van der Waals surface area contributed by atoms with E-state index in [2.05, 4.69) is 34.2 Å². The topological polar surface area (TPSA) is 55.6 Å². The van der Waals surface area contributed by atoms with Crippen molar-refractivity contribution in [3.8, 4) is 0 Å². The quantitative estimate of drug-likeness (QED) is 0.779. The van der Waals surface area contributed by atoms with Gasteiger partial charge in [0.05, 0.1) is 29.1 Å². The van der Waals surface area contributed by atoms with Crippen LogP contribution in [-0.2, 0) is 0 Å². The summed E-state index contributed by atoms with van der Waals surface area (Å²) in [4.78, 5) is 8.88. The first-order valence-corrected chi connectivity index (χ1v) is 6.25. The number of benzene rings is 1. The third kappa shape index (κ3) is 2.40. The molecule has 0 fully saturated rings. The summed E-state index contributed by atoms with van der Waals surface area (Å²) < 4.78 is 1.90. The minimum Gasteiger partial charge on any atom is -0.336 e. The molecular formula is C14H15N5. The van der Waals surface area contributed by atoms with Gasteiger partial charge in [0.2, 0.25) is 0 Å². The lowest BCUT2D eigenvalue weighted by atomic mass is 10.3. The van der Waals surface area contributed by atoms with Crippen molar-refractivity contribution in [2.45, 2.75) is 19.9 Å². The van der Waals surface area contributed by atoms with E-state index in [0.717, 1.165) is 22.5 Å². The van der Waals surface area contributed by atoms with Gasteiger partial charge in [0, 0.05) is 12.2 Å². The van der Waals surface area contributed by atoms with Crippen molar-refractivity contribution in [3.05, 3.63) is 42.9 Å². The molecule has 0 saturated heterocycles. The Bertz CT molecular complexity index is 702. The molecule has 5 nitrogen and oxygen atoms in total.